The molecule has 1 N–H and O–H groups in total. The minimum Gasteiger partial charge on any atom is -1.00 e. The van der Waals surface area contributed by atoms with Crippen LogP contribution in [0.5, 0.6) is 0 Å². The molecule has 0 saturated heterocycles. The number of carbonyl (C=O) groups excluding carboxylic acids is 5. The van der Waals surface area contributed by atoms with Crippen molar-refractivity contribution in [3.8, 4) is 23.7 Å². The molecule has 0 aliphatic carbocycles. The molecule has 61 heteroatoms. The van der Waals surface area contributed by atoms with Crippen LogP contribution in [-0.4, -0.2) is 104 Å². The number of unbranched alkanes of at least 4 members (excludes halogenated alkanes) is 2. The van der Waals surface area contributed by atoms with Crippen LogP contribution in [0.4, 0.5) is 9.59 Å². The van der Waals surface area contributed by atoms with E-state index in [1.165, 1.54) is 0 Å². The zero-order valence-electron chi connectivity index (χ0n) is 56.0. The van der Waals surface area contributed by atoms with E-state index in [1.807, 2.05) is 55.4 Å². The minimum atomic E-state index is -0.564. The van der Waals surface area contributed by atoms with Gasteiger partial charge in [-0.2, -0.15) is 10.2 Å². The van der Waals surface area contributed by atoms with E-state index in [0.717, 1.165) is 61.4 Å². The summed E-state index contributed by atoms with van der Waals surface area (Å²) in [6, 6.07) is 0. The molecule has 0 aromatic carbocycles. The number of amides is 2. The number of aromatic amines is 1. The molecule has 0 bridgehead atoms. The van der Waals surface area contributed by atoms with E-state index in [2.05, 4.69) is 435 Å². The van der Waals surface area contributed by atoms with Gasteiger partial charge < -0.3 is 40.3 Å². The van der Waals surface area contributed by atoms with E-state index in [9.17, 15) is 19.2 Å². The zero-order chi connectivity index (χ0) is 78.7. The fourth-order valence-corrected chi connectivity index (χ4v) is 7340. The molecular formula is C43H65ClCs2I41N6O11-. The van der Waals surface area contributed by atoms with E-state index in [4.69, 9.17) is 40.6 Å². The maximum absolute atomic E-state index is 12.6. The topological polar surface area (TPSA) is 208 Å². The Labute approximate surface area is 1020 Å². The van der Waals surface area contributed by atoms with Crippen LogP contribution in [0.15, 0.2) is 0 Å². The number of H-pyrrole nitrogens is 1. The number of aryl methyl sites for hydroxylation is 1. The average molecular weight is 6350 g/mol. The zero-order valence-corrected chi connectivity index (χ0v) is 157. The molecule has 104 heavy (non-hydrogen) atoms. The standard InChI is InChI=1S/C21H31N3O4.C14H21N3O4.C7H11Cl.CH2O3.2Cs.I41.H/c1-6-8-9-10-11-13-24-18(19(25)27-7-2)16-15-23(14-12-17(16)22-24)20(26)28-21(3,4)5;1-5-20-12(18)11-9-8-17(7-6-10(9)15-16-11)13(19)21-14(2,3)4;1-2-3-4-5-6-7-8;2-1-4-3;;;1-22-24(4)26(6)28(8)30(10)32(12)34(14)36(16)38(18)40(20)41(21)39(19)37(17)35(15)33(13)31(11)29(9)27(7)25(5)23(2)3;/h6-7,10-15H2,1-5H3;5-8H2,1-4H3,(H,15,16);2,5-7H2,1H3;1,3H;;;;/q;;;;2*+1;2*-1/p-1. The molecule has 2 aliphatic heterocycles. The van der Waals surface area contributed by atoms with Gasteiger partial charge in [0.15, 0.2) is 11.4 Å². The average Bonchev–Trinajstić information content (AvgIpc) is 1.61. The number of carbonyl (C=O) groups is 5. The van der Waals surface area contributed by atoms with E-state index >= 15 is 0 Å². The monoisotopic (exact) mass is 6350 g/mol. The molecule has 2 amide bonds. The van der Waals surface area contributed by atoms with Crippen molar-refractivity contribution >= 4 is 583 Å². The van der Waals surface area contributed by atoms with Crippen LogP contribution in [0.25, 0.3) is 0 Å². The van der Waals surface area contributed by atoms with Crippen LogP contribution in [0.1, 0.15) is 153 Å². The second kappa shape index (κ2) is 81.0. The molecule has 0 fully saturated rings. The Bertz CT molecular complexity index is 2960. The Morgan fingerprint density at radius 3 is 1.27 bits per heavy atom. The number of nitrogens with one attached hydrogen (secondary N) is 1. The summed E-state index contributed by atoms with van der Waals surface area (Å²) >= 11 is 73.9. The largest absolute Gasteiger partial charge is 1.00 e. The normalized spacial score (nSPS) is 14.7. The first-order valence-electron chi connectivity index (χ1n) is 26.3. The van der Waals surface area contributed by atoms with Gasteiger partial charge in [0.05, 0.1) is 32.0 Å². The van der Waals surface area contributed by atoms with Crippen molar-refractivity contribution in [2.75, 3.05) is 32.2 Å². The second-order valence-electron chi connectivity index (χ2n) is 18.4. The third-order valence-electron chi connectivity index (χ3n) is 9.54. The summed E-state index contributed by atoms with van der Waals surface area (Å²) in [5.74, 6) is 12.0. The Morgan fingerprint density at radius 1 is 0.567 bits per heavy atom. The maximum Gasteiger partial charge on any atom is 1.00 e. The summed E-state index contributed by atoms with van der Waals surface area (Å²) in [5, 5.41) is 19.9. The van der Waals surface area contributed by atoms with E-state index in [0.29, 0.717) is 70.1 Å². The van der Waals surface area contributed by atoms with Crippen LogP contribution < -0.4 is 156 Å². The first-order chi connectivity index (χ1) is 47.6. The molecule has 2 aromatic heterocycles. The van der Waals surface area contributed by atoms with Crippen molar-refractivity contribution in [3.63, 3.8) is 0 Å². The summed E-state index contributed by atoms with van der Waals surface area (Å²) in [7, 11) is -9.45. The molecule has 2 aromatic rings. The van der Waals surface area contributed by atoms with Crippen LogP contribution in [-0.2, 0) is 61.1 Å². The third kappa shape index (κ3) is 58.1. The van der Waals surface area contributed by atoms with Gasteiger partial charge in [-0.15, -0.1) is 35.3 Å². The number of nitrogens with zero attached hydrogens (tertiary/aromatic N) is 5. The number of halogens is 42. The molecule has 0 atom stereocenters. The summed E-state index contributed by atoms with van der Waals surface area (Å²) < 4.78 is 22.8. The van der Waals surface area contributed by atoms with E-state index in [-0.39, 0.29) is 185 Å². The molecule has 4 rings (SSSR count). The van der Waals surface area contributed by atoms with Crippen molar-refractivity contribution in [2.45, 2.75) is 151 Å². The SMILES string of the molecule is CCC#CCCCCl.CCC#CCCCn1nc2c(c1C(=O)OCC)CN(C(=O)OC(C)(C)C)CC2.CCOC(=O)c1n[nH]c2c1CN(C(=O)OC(C)(C)C)CC2.I[I-]I(I)I(I)I(I)I(I)I(I)I(I)I(I)I(I)I(I)I(I)I(I)I(I)I(I)I(I)I(I)I(I)I(I)I(I)I(I)I.O=CO[O-].[Cs+].[Cs+].[H-]. The van der Waals surface area contributed by atoms with Crippen molar-refractivity contribution in [2.24, 2.45) is 0 Å². The van der Waals surface area contributed by atoms with Gasteiger partial charge in [-0.05, 0) is 68.2 Å². The van der Waals surface area contributed by atoms with Gasteiger partial charge >= 0.3 is 716 Å². The van der Waals surface area contributed by atoms with Gasteiger partial charge in [-0.3, -0.25) is 14.6 Å². The van der Waals surface area contributed by atoms with Crippen molar-refractivity contribution < 1.29 is 206 Å². The number of alkyl halides is 1. The Hall–Kier alpha value is 28.8. The summed E-state index contributed by atoms with van der Waals surface area (Å²) in [4.78, 5) is 63.4. The molecule has 2 aliphatic rings. The number of hydrogen-bond donors (Lipinski definition) is 1. The Morgan fingerprint density at radius 2 is 0.923 bits per heavy atom. The number of rotatable bonds is 29. The predicted molar refractivity (Wildman–Crippen MR) is 788 cm³/mol. The third-order valence-corrected chi connectivity index (χ3v) is 3070. The van der Waals surface area contributed by atoms with Gasteiger partial charge in [0, 0.05) is 80.9 Å². The number of hydrogen-bond acceptors (Lipinski definition) is 13. The van der Waals surface area contributed by atoms with E-state index < -0.39 is 165 Å². The van der Waals surface area contributed by atoms with Gasteiger partial charge in [-0.25, -0.2) is 19.2 Å². The number of fused-ring (bicyclic) bond motifs is 2. The molecule has 17 nitrogen and oxygen atoms in total. The molecule has 0 saturated carbocycles. The first kappa shape index (κ1) is 137. The molecule has 4 heterocycles. The van der Waals surface area contributed by atoms with Crippen LogP contribution in [0, 0.1) is 23.7 Å². The van der Waals surface area contributed by atoms with Crippen molar-refractivity contribution in [3.05, 3.63) is 33.9 Å². The fraction of sp³-hybridized carbons (Fsp3) is 0.651. The molecule has 0 unspecified atom stereocenters. The molecule has 0 radical (unpaired) electrons. The predicted octanol–water partition coefficient (Wildman–Crippen LogP) is 32.8. The summed E-state index contributed by atoms with van der Waals surface area (Å²) in [5.41, 5.74) is 2.78. The van der Waals surface area contributed by atoms with E-state index in [1.54, 1.807) is 28.3 Å². The van der Waals surface area contributed by atoms with Crippen LogP contribution in [0.2, 0.25) is 0 Å². The summed E-state index contributed by atoms with van der Waals surface area (Å²) in [6.45, 7) is 21.2. The smallest absolute Gasteiger partial charge is 1.00 e. The van der Waals surface area contributed by atoms with Crippen LogP contribution in [0.3, 0.4) is 0 Å². The molecule has 0 spiro atoms. The second-order valence-corrected chi connectivity index (χ2v) is 961. The number of aromatic nitrogens is 4. The van der Waals surface area contributed by atoms with Gasteiger partial charge in [0.2, 0.25) is 0 Å². The molecule has 630 valence electrons. The fourth-order valence-electron chi connectivity index (χ4n) is 6.08. The van der Waals surface area contributed by atoms with Gasteiger partial charge in [0.1, 0.15) is 11.2 Å². The van der Waals surface area contributed by atoms with Gasteiger partial charge in [0.25, 0.3) is 6.47 Å². The van der Waals surface area contributed by atoms with Gasteiger partial charge in [-0.1, -0.05) is 13.8 Å². The number of esters is 2. The number of ether oxygens (including phenoxy) is 4. The van der Waals surface area contributed by atoms with Crippen molar-refractivity contribution in [1.82, 2.24) is 29.8 Å². The minimum absolute atomic E-state index is 0. The van der Waals surface area contributed by atoms with Crippen LogP contribution >= 0.6 is 553 Å². The summed E-state index contributed by atoms with van der Waals surface area (Å²) in [6.07, 6.45) is 5.77. The Kier molecular flexibility index (Phi) is 107. The Balaban J connectivity index is -0.000000690. The first-order valence-corrected chi connectivity index (χ1v) is 278. The quantitative estimate of drug-likeness (QED) is 0.00927. The van der Waals surface area contributed by atoms with Crippen molar-refractivity contribution in [1.29, 1.82) is 0 Å². The maximum atomic E-state index is 12.6. The molecular weight excluding hydrogens is 6280 g/mol.